The molecule has 0 bridgehead atoms. The summed E-state index contributed by atoms with van der Waals surface area (Å²) in [7, 11) is 0. The molecule has 1 aromatic rings. The fraction of sp³-hybridized carbons (Fsp3) is 0.500. The number of rotatable bonds is 3. The third-order valence-corrected chi connectivity index (χ3v) is 4.18. The van der Waals surface area contributed by atoms with E-state index in [9.17, 15) is 5.11 Å². The van der Waals surface area contributed by atoms with E-state index < -0.39 is 0 Å². The fourth-order valence-electron chi connectivity index (χ4n) is 2.99. The number of hydrogen-bond donors (Lipinski definition) is 2. The van der Waals surface area contributed by atoms with Crippen LogP contribution in [0.4, 0.5) is 0 Å². The van der Waals surface area contributed by atoms with Crippen molar-refractivity contribution in [1.29, 1.82) is 0 Å². The topological polar surface area (TPSA) is 35.5 Å². The molecule has 1 atom stereocenters. The van der Waals surface area contributed by atoms with E-state index >= 15 is 0 Å². The van der Waals surface area contributed by atoms with E-state index in [2.05, 4.69) is 41.4 Å². The number of hydrogen-bond acceptors (Lipinski definition) is 3. The molecule has 0 aliphatic carbocycles. The molecular weight excluding hydrogens is 236 g/mol. The van der Waals surface area contributed by atoms with Gasteiger partial charge in [-0.3, -0.25) is 0 Å². The van der Waals surface area contributed by atoms with Crippen LogP contribution >= 0.6 is 0 Å². The molecule has 2 aliphatic heterocycles. The Labute approximate surface area is 114 Å². The van der Waals surface area contributed by atoms with Crippen molar-refractivity contribution in [2.45, 2.75) is 32.4 Å². The molecule has 0 aromatic heterocycles. The van der Waals surface area contributed by atoms with E-state index in [1.807, 2.05) is 0 Å². The standard InChI is InChI=1S/C16H22N2O/c1-12-3-2-4-13-10-17-14(9-16(12)13)5-7-18-8-6-15(19)11-18/h2-4,9,15,17,19H,5-8,10-11H2,1H3. The van der Waals surface area contributed by atoms with Crippen molar-refractivity contribution in [1.82, 2.24) is 10.2 Å². The molecule has 0 spiro atoms. The molecule has 19 heavy (non-hydrogen) atoms. The number of aliphatic hydroxyl groups excluding tert-OH is 1. The Kier molecular flexibility index (Phi) is 3.58. The molecule has 3 nitrogen and oxygen atoms in total. The fourth-order valence-corrected chi connectivity index (χ4v) is 2.99. The number of nitrogens with one attached hydrogen (secondary N) is 1. The molecule has 1 saturated heterocycles. The molecule has 1 aromatic carbocycles. The largest absolute Gasteiger partial charge is 0.392 e. The van der Waals surface area contributed by atoms with Crippen molar-refractivity contribution in [3.05, 3.63) is 40.6 Å². The normalized spacial score (nSPS) is 22.8. The van der Waals surface area contributed by atoms with Crippen LogP contribution in [0.5, 0.6) is 0 Å². The lowest BCUT2D eigenvalue weighted by molar-refractivity contribution is 0.176. The molecule has 1 fully saturated rings. The first kappa shape index (κ1) is 12.7. The Balaban J connectivity index is 1.65. The lowest BCUT2D eigenvalue weighted by Gasteiger charge is -2.22. The zero-order chi connectivity index (χ0) is 13.2. The summed E-state index contributed by atoms with van der Waals surface area (Å²) in [6.07, 6.45) is 4.14. The summed E-state index contributed by atoms with van der Waals surface area (Å²) in [6.45, 7) is 6.02. The smallest absolute Gasteiger partial charge is 0.0679 e. The highest BCUT2D eigenvalue weighted by Gasteiger charge is 2.20. The van der Waals surface area contributed by atoms with Crippen molar-refractivity contribution < 1.29 is 5.11 Å². The van der Waals surface area contributed by atoms with Gasteiger partial charge >= 0.3 is 0 Å². The quantitative estimate of drug-likeness (QED) is 0.869. The van der Waals surface area contributed by atoms with Gasteiger partial charge in [0, 0.05) is 31.9 Å². The molecule has 2 heterocycles. The first-order valence-electron chi connectivity index (χ1n) is 7.16. The Bertz CT molecular complexity index is 496. The van der Waals surface area contributed by atoms with Crippen LogP contribution < -0.4 is 5.32 Å². The highest BCUT2D eigenvalue weighted by atomic mass is 16.3. The van der Waals surface area contributed by atoms with Gasteiger partial charge in [-0.05, 0) is 42.5 Å². The van der Waals surface area contributed by atoms with Gasteiger partial charge in [0.2, 0.25) is 0 Å². The van der Waals surface area contributed by atoms with Crippen LogP contribution in [-0.4, -0.2) is 35.7 Å². The monoisotopic (exact) mass is 258 g/mol. The number of nitrogens with zero attached hydrogens (tertiary/aromatic N) is 1. The average Bonchev–Trinajstić information content (AvgIpc) is 2.83. The maximum absolute atomic E-state index is 9.53. The predicted molar refractivity (Wildman–Crippen MR) is 77.7 cm³/mol. The second-order valence-corrected chi connectivity index (χ2v) is 5.66. The van der Waals surface area contributed by atoms with Gasteiger partial charge in [0.15, 0.2) is 0 Å². The number of fused-ring (bicyclic) bond motifs is 1. The molecule has 0 saturated carbocycles. The Morgan fingerprint density at radius 1 is 1.42 bits per heavy atom. The number of likely N-dealkylation sites (tertiary alicyclic amines) is 1. The zero-order valence-electron chi connectivity index (χ0n) is 11.5. The lowest BCUT2D eigenvalue weighted by Crippen LogP contribution is -2.26. The summed E-state index contributed by atoms with van der Waals surface area (Å²) in [5, 5.41) is 13.0. The Morgan fingerprint density at radius 2 is 2.32 bits per heavy atom. The van der Waals surface area contributed by atoms with Crippen LogP contribution in [0, 0.1) is 6.92 Å². The van der Waals surface area contributed by atoms with E-state index in [0.29, 0.717) is 0 Å². The van der Waals surface area contributed by atoms with Crippen LogP contribution in [-0.2, 0) is 6.54 Å². The van der Waals surface area contributed by atoms with Crippen LogP contribution in [0.25, 0.3) is 6.08 Å². The lowest BCUT2D eigenvalue weighted by atomic mass is 9.97. The zero-order valence-corrected chi connectivity index (χ0v) is 11.5. The minimum atomic E-state index is -0.115. The molecule has 2 N–H and O–H groups in total. The molecule has 3 rings (SSSR count). The predicted octanol–water partition coefficient (Wildman–Crippen LogP) is 1.90. The molecule has 1 unspecified atom stereocenters. The summed E-state index contributed by atoms with van der Waals surface area (Å²) in [5.74, 6) is 0. The SMILES string of the molecule is Cc1cccc2c1C=C(CCN1CCC(O)C1)NC2. The van der Waals surface area contributed by atoms with Gasteiger partial charge in [0.25, 0.3) is 0 Å². The number of β-amino-alcohol motifs (C(OH)–C–C–N with tert-alkyl or cyclic N) is 1. The van der Waals surface area contributed by atoms with Gasteiger partial charge in [0.1, 0.15) is 0 Å². The van der Waals surface area contributed by atoms with Gasteiger partial charge in [0.05, 0.1) is 6.10 Å². The van der Waals surface area contributed by atoms with Crippen LogP contribution in [0.1, 0.15) is 29.5 Å². The third-order valence-electron chi connectivity index (χ3n) is 4.18. The second-order valence-electron chi connectivity index (χ2n) is 5.66. The van der Waals surface area contributed by atoms with E-state index in [0.717, 1.165) is 39.0 Å². The minimum Gasteiger partial charge on any atom is -0.392 e. The van der Waals surface area contributed by atoms with Crippen LogP contribution in [0.2, 0.25) is 0 Å². The minimum absolute atomic E-state index is 0.115. The highest BCUT2D eigenvalue weighted by molar-refractivity contribution is 5.62. The van der Waals surface area contributed by atoms with E-state index in [1.165, 1.54) is 22.4 Å². The second kappa shape index (κ2) is 5.35. The van der Waals surface area contributed by atoms with Gasteiger partial charge in [-0.2, -0.15) is 0 Å². The number of aliphatic hydroxyl groups is 1. The van der Waals surface area contributed by atoms with Gasteiger partial charge in [-0.25, -0.2) is 0 Å². The van der Waals surface area contributed by atoms with Crippen molar-refractivity contribution >= 4 is 6.08 Å². The Hall–Kier alpha value is -1.32. The molecule has 0 radical (unpaired) electrons. The summed E-state index contributed by atoms with van der Waals surface area (Å²) in [5.41, 5.74) is 5.45. The molecule has 3 heteroatoms. The Morgan fingerprint density at radius 3 is 3.11 bits per heavy atom. The van der Waals surface area contributed by atoms with Gasteiger partial charge in [-0.15, -0.1) is 0 Å². The molecule has 0 amide bonds. The summed E-state index contributed by atoms with van der Waals surface area (Å²) in [6, 6.07) is 6.49. The van der Waals surface area contributed by atoms with Crippen LogP contribution in [0.3, 0.4) is 0 Å². The van der Waals surface area contributed by atoms with Crippen molar-refractivity contribution in [3.63, 3.8) is 0 Å². The molecule has 2 aliphatic rings. The molecule has 102 valence electrons. The van der Waals surface area contributed by atoms with Crippen molar-refractivity contribution in [2.75, 3.05) is 19.6 Å². The maximum atomic E-state index is 9.53. The van der Waals surface area contributed by atoms with Crippen molar-refractivity contribution in [3.8, 4) is 0 Å². The average molecular weight is 258 g/mol. The van der Waals surface area contributed by atoms with Gasteiger partial charge < -0.3 is 15.3 Å². The number of aryl methyl sites for hydroxylation is 1. The first-order valence-corrected chi connectivity index (χ1v) is 7.16. The number of benzene rings is 1. The molecular formula is C16H22N2O. The van der Waals surface area contributed by atoms with Gasteiger partial charge in [-0.1, -0.05) is 18.2 Å². The van der Waals surface area contributed by atoms with E-state index in [-0.39, 0.29) is 6.10 Å². The third kappa shape index (κ3) is 2.82. The van der Waals surface area contributed by atoms with E-state index in [4.69, 9.17) is 0 Å². The van der Waals surface area contributed by atoms with E-state index in [1.54, 1.807) is 0 Å². The summed E-state index contributed by atoms with van der Waals surface area (Å²) < 4.78 is 0. The summed E-state index contributed by atoms with van der Waals surface area (Å²) in [4.78, 5) is 2.35. The van der Waals surface area contributed by atoms with Crippen LogP contribution in [0.15, 0.2) is 23.9 Å². The highest BCUT2D eigenvalue weighted by Crippen LogP contribution is 2.23. The summed E-state index contributed by atoms with van der Waals surface area (Å²) >= 11 is 0. The maximum Gasteiger partial charge on any atom is 0.0679 e. The van der Waals surface area contributed by atoms with Crippen molar-refractivity contribution in [2.24, 2.45) is 0 Å². The first-order chi connectivity index (χ1) is 9.22.